The van der Waals surface area contributed by atoms with Crippen molar-refractivity contribution in [2.24, 2.45) is 0 Å². The second-order valence-electron chi connectivity index (χ2n) is 5.63. The zero-order valence-corrected chi connectivity index (χ0v) is 15.1. The minimum absolute atomic E-state index is 0.0150. The third-order valence-electron chi connectivity index (χ3n) is 3.22. The highest BCUT2D eigenvalue weighted by Gasteiger charge is 2.76. The van der Waals surface area contributed by atoms with E-state index in [1.165, 1.54) is 6.92 Å². The van der Waals surface area contributed by atoms with Gasteiger partial charge in [-0.2, -0.15) is 34.8 Å². The largest absolute Gasteiger partial charge is 0.438 e. The Kier molecular flexibility index (Phi) is 6.76. The summed E-state index contributed by atoms with van der Waals surface area (Å²) < 4.78 is 117. The molecule has 0 amide bonds. The fraction of sp³-hybridized carbons (Fsp3) is 0.333. The van der Waals surface area contributed by atoms with Gasteiger partial charge in [-0.1, -0.05) is 6.58 Å². The Hall–Kier alpha value is -2.61. The van der Waals surface area contributed by atoms with E-state index in [2.05, 4.69) is 11.3 Å². The van der Waals surface area contributed by atoms with Gasteiger partial charge >= 0.3 is 29.9 Å². The van der Waals surface area contributed by atoms with Crippen molar-refractivity contribution in [1.82, 2.24) is 0 Å². The molecule has 0 saturated heterocycles. The smallest absolute Gasteiger partial charge is 0.435 e. The van der Waals surface area contributed by atoms with Crippen LogP contribution < -0.4 is 4.74 Å². The summed E-state index contributed by atoms with van der Waals surface area (Å²) in [4.78, 5) is 23.2. The van der Waals surface area contributed by atoms with E-state index in [1.54, 1.807) is 0 Å². The van der Waals surface area contributed by atoms with Gasteiger partial charge in [0.15, 0.2) is 0 Å². The van der Waals surface area contributed by atoms with E-state index in [4.69, 9.17) is 9.29 Å². The zero-order valence-electron chi connectivity index (χ0n) is 14.3. The van der Waals surface area contributed by atoms with E-state index in [-0.39, 0.29) is 11.3 Å². The van der Waals surface area contributed by atoms with Crippen LogP contribution in [0.5, 0.6) is 5.75 Å². The standard InChI is InChI=1S/C15H12F6O7S/c1-8(2)11(22)27-10-5-3-9(4-6-10)12(23)28-13(14(16,17)18,15(19,20)21)7-29(24,25)26/h3-6H,1,7H2,2H3,(H,24,25,26). The molecule has 1 N–H and O–H groups in total. The first-order valence-electron chi connectivity index (χ1n) is 7.19. The van der Waals surface area contributed by atoms with Crippen molar-refractivity contribution in [2.45, 2.75) is 24.9 Å². The first-order valence-corrected chi connectivity index (χ1v) is 8.80. The third-order valence-corrected chi connectivity index (χ3v) is 3.99. The molecule has 1 rings (SSSR count). The van der Waals surface area contributed by atoms with E-state index >= 15 is 0 Å². The van der Waals surface area contributed by atoms with Crippen molar-refractivity contribution in [1.29, 1.82) is 0 Å². The molecule has 0 aliphatic rings. The topological polar surface area (TPSA) is 107 Å². The van der Waals surface area contributed by atoms with Crippen LogP contribution in [0, 0.1) is 0 Å². The Labute approximate surface area is 159 Å². The van der Waals surface area contributed by atoms with Gasteiger partial charge in [0.05, 0.1) is 5.56 Å². The lowest BCUT2D eigenvalue weighted by molar-refractivity contribution is -0.356. The molecular formula is C15H12F6O7S. The van der Waals surface area contributed by atoms with Crippen LogP contribution in [0.3, 0.4) is 0 Å². The summed E-state index contributed by atoms with van der Waals surface area (Å²) in [7, 11) is -5.89. The highest BCUT2D eigenvalue weighted by molar-refractivity contribution is 7.85. The van der Waals surface area contributed by atoms with Gasteiger partial charge in [0.25, 0.3) is 10.1 Å². The molecule has 0 heterocycles. The van der Waals surface area contributed by atoms with E-state index in [0.717, 1.165) is 12.1 Å². The summed E-state index contributed by atoms with van der Waals surface area (Å²) in [5.41, 5.74) is -6.39. The maximum absolute atomic E-state index is 13.1. The molecule has 0 unspecified atom stereocenters. The monoisotopic (exact) mass is 450 g/mol. The highest BCUT2D eigenvalue weighted by atomic mass is 32.2. The Balaban J connectivity index is 3.28. The number of ether oxygens (including phenoxy) is 2. The molecular weight excluding hydrogens is 438 g/mol. The SMILES string of the molecule is C=C(C)C(=O)Oc1ccc(C(=O)OC(CS(=O)(=O)O)(C(F)(F)F)C(F)(F)F)cc1. The van der Waals surface area contributed by atoms with Crippen molar-refractivity contribution in [3.05, 3.63) is 42.0 Å². The van der Waals surface area contributed by atoms with Crippen molar-refractivity contribution in [2.75, 3.05) is 5.75 Å². The lowest BCUT2D eigenvalue weighted by atomic mass is 10.1. The highest BCUT2D eigenvalue weighted by Crippen LogP contribution is 2.47. The Morgan fingerprint density at radius 2 is 1.48 bits per heavy atom. The number of hydrogen-bond acceptors (Lipinski definition) is 6. The molecule has 0 fully saturated rings. The van der Waals surface area contributed by atoms with E-state index in [1.807, 2.05) is 0 Å². The van der Waals surface area contributed by atoms with Gasteiger partial charge in [0.2, 0.25) is 0 Å². The number of halogens is 6. The summed E-state index contributed by atoms with van der Waals surface area (Å²) >= 11 is 0. The van der Waals surface area contributed by atoms with Crippen LogP contribution in [0.2, 0.25) is 0 Å². The van der Waals surface area contributed by atoms with E-state index in [0.29, 0.717) is 12.1 Å². The molecule has 0 aliphatic carbocycles. The van der Waals surface area contributed by atoms with Crippen LogP contribution in [-0.2, 0) is 19.6 Å². The van der Waals surface area contributed by atoms with Crippen molar-refractivity contribution >= 4 is 22.1 Å². The minimum Gasteiger partial charge on any atom is -0.435 e. The lowest BCUT2D eigenvalue weighted by Gasteiger charge is -2.35. The number of carbonyl (C=O) groups is 2. The lowest BCUT2D eigenvalue weighted by Crippen LogP contribution is -2.63. The first kappa shape index (κ1) is 24.4. The fourth-order valence-corrected chi connectivity index (χ4v) is 2.70. The van der Waals surface area contributed by atoms with Crippen LogP contribution in [-0.4, -0.2) is 48.6 Å². The average molecular weight is 450 g/mol. The molecule has 0 bridgehead atoms. The Morgan fingerprint density at radius 3 is 1.83 bits per heavy atom. The van der Waals surface area contributed by atoms with Crippen LogP contribution in [0.25, 0.3) is 0 Å². The molecule has 0 aromatic heterocycles. The molecule has 162 valence electrons. The van der Waals surface area contributed by atoms with Crippen LogP contribution in [0.15, 0.2) is 36.4 Å². The van der Waals surface area contributed by atoms with Crippen LogP contribution >= 0.6 is 0 Å². The van der Waals surface area contributed by atoms with Gasteiger partial charge in [-0.3, -0.25) is 4.55 Å². The number of carbonyl (C=O) groups excluding carboxylic acids is 2. The first-order chi connectivity index (χ1) is 12.9. The predicted octanol–water partition coefficient (Wildman–Crippen LogP) is 3.08. The quantitative estimate of drug-likeness (QED) is 0.233. The molecule has 29 heavy (non-hydrogen) atoms. The molecule has 1 aromatic carbocycles. The van der Waals surface area contributed by atoms with Crippen molar-refractivity contribution < 1.29 is 58.4 Å². The Bertz CT molecular complexity index is 887. The fourth-order valence-electron chi connectivity index (χ4n) is 1.80. The number of esters is 2. The van der Waals surface area contributed by atoms with Gasteiger partial charge in [-0.05, 0) is 31.2 Å². The second-order valence-corrected chi connectivity index (χ2v) is 7.09. The van der Waals surface area contributed by atoms with Gasteiger partial charge < -0.3 is 9.47 Å². The summed E-state index contributed by atoms with van der Waals surface area (Å²) in [6.45, 7) is 4.58. The molecule has 0 aliphatic heterocycles. The summed E-state index contributed by atoms with van der Waals surface area (Å²) in [6.07, 6.45) is -12.9. The van der Waals surface area contributed by atoms with Crippen LogP contribution in [0.4, 0.5) is 26.3 Å². The normalized spacial score (nSPS) is 13.0. The van der Waals surface area contributed by atoms with E-state index in [9.17, 15) is 44.3 Å². The average Bonchev–Trinajstić information content (AvgIpc) is 2.51. The maximum Gasteiger partial charge on any atom is 0.438 e. The second kappa shape index (κ2) is 8.02. The Morgan fingerprint density at radius 1 is 1.03 bits per heavy atom. The summed E-state index contributed by atoms with van der Waals surface area (Å²) in [6, 6.07) is 3.08. The van der Waals surface area contributed by atoms with Crippen molar-refractivity contribution in [3.8, 4) is 5.75 Å². The zero-order chi connectivity index (χ0) is 22.8. The number of hydrogen-bond donors (Lipinski definition) is 1. The molecule has 0 atom stereocenters. The maximum atomic E-state index is 13.1. The van der Waals surface area contributed by atoms with E-state index < -0.39 is 51.3 Å². The third kappa shape index (κ3) is 5.93. The molecule has 0 radical (unpaired) electrons. The number of rotatable bonds is 6. The molecule has 14 heteroatoms. The molecule has 0 saturated carbocycles. The molecule has 7 nitrogen and oxygen atoms in total. The summed E-state index contributed by atoms with van der Waals surface area (Å²) in [5, 5.41) is 0. The summed E-state index contributed by atoms with van der Waals surface area (Å²) in [5.74, 6) is -6.29. The molecule has 1 aromatic rings. The van der Waals surface area contributed by atoms with Crippen LogP contribution in [0.1, 0.15) is 17.3 Å². The minimum atomic E-state index is -6.44. The molecule has 0 spiro atoms. The van der Waals surface area contributed by atoms with Crippen molar-refractivity contribution in [3.63, 3.8) is 0 Å². The predicted molar refractivity (Wildman–Crippen MR) is 83.6 cm³/mol. The number of alkyl halides is 6. The number of benzene rings is 1. The van der Waals surface area contributed by atoms with Gasteiger partial charge in [-0.25, -0.2) is 9.59 Å². The van der Waals surface area contributed by atoms with Gasteiger partial charge in [0.1, 0.15) is 11.5 Å². The van der Waals surface area contributed by atoms with Gasteiger partial charge in [-0.15, -0.1) is 0 Å². The van der Waals surface area contributed by atoms with Gasteiger partial charge in [0, 0.05) is 5.57 Å².